The van der Waals surface area contributed by atoms with E-state index in [1.165, 1.54) is 0 Å². The van der Waals surface area contributed by atoms with Crippen LogP contribution in [-0.4, -0.2) is 14.5 Å². The Balaban J connectivity index is 2.36. The van der Waals surface area contributed by atoms with Crippen LogP contribution in [-0.2, 0) is 6.54 Å². The molecule has 0 aliphatic carbocycles. The van der Waals surface area contributed by atoms with Crippen molar-refractivity contribution in [2.24, 2.45) is 5.92 Å². The fourth-order valence-corrected chi connectivity index (χ4v) is 1.62. The summed E-state index contributed by atoms with van der Waals surface area (Å²) >= 11 is 0. The van der Waals surface area contributed by atoms with Gasteiger partial charge in [-0.1, -0.05) is 13.8 Å². The van der Waals surface area contributed by atoms with Gasteiger partial charge in [0.2, 0.25) is 5.95 Å². The van der Waals surface area contributed by atoms with Gasteiger partial charge in [-0.05, 0) is 18.4 Å². The molecule has 80 valence electrons. The lowest BCUT2D eigenvalue weighted by Gasteiger charge is -2.08. The first-order valence-corrected chi connectivity index (χ1v) is 5.24. The molecule has 0 amide bonds. The molecule has 0 bridgehead atoms. The molecule has 0 aliphatic rings. The third-order valence-corrected chi connectivity index (χ3v) is 2.51. The Morgan fingerprint density at radius 3 is 3.00 bits per heavy atom. The molecule has 2 aromatic heterocycles. The Labute approximate surface area is 89.1 Å². The van der Waals surface area contributed by atoms with Crippen LogP contribution in [0.2, 0.25) is 0 Å². The maximum Gasteiger partial charge on any atom is 0.201 e. The van der Waals surface area contributed by atoms with E-state index in [4.69, 9.17) is 5.73 Å². The normalized spacial score (nSPS) is 11.4. The quantitative estimate of drug-likeness (QED) is 0.832. The molecule has 0 aromatic carbocycles. The summed E-state index contributed by atoms with van der Waals surface area (Å²) < 4.78 is 2.05. The van der Waals surface area contributed by atoms with E-state index in [9.17, 15) is 0 Å². The van der Waals surface area contributed by atoms with Gasteiger partial charge in [0.05, 0.1) is 11.7 Å². The van der Waals surface area contributed by atoms with E-state index in [0.29, 0.717) is 11.9 Å². The number of anilines is 1. The molecule has 2 heterocycles. The van der Waals surface area contributed by atoms with E-state index in [1.807, 2.05) is 6.07 Å². The number of fused-ring (bicyclic) bond motifs is 1. The third kappa shape index (κ3) is 1.93. The zero-order valence-electron chi connectivity index (χ0n) is 9.14. The van der Waals surface area contributed by atoms with Gasteiger partial charge >= 0.3 is 0 Å². The lowest BCUT2D eigenvalue weighted by Crippen LogP contribution is -2.05. The van der Waals surface area contributed by atoms with Gasteiger partial charge in [-0.15, -0.1) is 0 Å². The number of aryl methyl sites for hydroxylation is 1. The number of nitrogen functional groups attached to an aromatic ring is 1. The Kier molecular flexibility index (Phi) is 2.58. The van der Waals surface area contributed by atoms with E-state index in [-0.39, 0.29) is 0 Å². The summed E-state index contributed by atoms with van der Waals surface area (Å²) in [6, 6.07) is 1.96. The molecule has 4 nitrogen and oxygen atoms in total. The summed E-state index contributed by atoms with van der Waals surface area (Å²) in [6.45, 7) is 5.33. The van der Waals surface area contributed by atoms with Gasteiger partial charge in [0.25, 0.3) is 0 Å². The highest BCUT2D eigenvalue weighted by Gasteiger charge is 2.07. The number of nitrogens with zero attached hydrogens (tertiary/aromatic N) is 3. The fourth-order valence-electron chi connectivity index (χ4n) is 1.62. The summed E-state index contributed by atoms with van der Waals surface area (Å²) in [5, 5.41) is 0. The van der Waals surface area contributed by atoms with Crippen LogP contribution in [0, 0.1) is 5.92 Å². The first kappa shape index (κ1) is 9.96. The lowest BCUT2D eigenvalue weighted by molar-refractivity contribution is 0.526. The van der Waals surface area contributed by atoms with Crippen LogP contribution in [0.1, 0.15) is 20.3 Å². The second-order valence-electron chi connectivity index (χ2n) is 4.17. The average Bonchev–Trinajstić information content (AvgIpc) is 2.50. The van der Waals surface area contributed by atoms with Crippen LogP contribution >= 0.6 is 0 Å². The van der Waals surface area contributed by atoms with Crippen molar-refractivity contribution in [1.29, 1.82) is 0 Å². The summed E-state index contributed by atoms with van der Waals surface area (Å²) in [5.41, 5.74) is 7.81. The van der Waals surface area contributed by atoms with Crippen molar-refractivity contribution < 1.29 is 0 Å². The van der Waals surface area contributed by atoms with Gasteiger partial charge in [0.15, 0.2) is 0 Å². The molecule has 0 radical (unpaired) electrons. The molecular formula is C11H16N4. The predicted octanol–water partition coefficient (Wildman–Crippen LogP) is 2.06. The monoisotopic (exact) mass is 204 g/mol. The zero-order chi connectivity index (χ0) is 10.8. The molecular weight excluding hydrogens is 188 g/mol. The molecule has 2 rings (SSSR count). The predicted molar refractivity (Wildman–Crippen MR) is 61.4 cm³/mol. The minimum Gasteiger partial charge on any atom is -0.369 e. The molecule has 0 saturated heterocycles. The zero-order valence-corrected chi connectivity index (χ0v) is 9.14. The molecule has 0 fully saturated rings. The number of aromatic nitrogens is 3. The topological polar surface area (TPSA) is 56.7 Å². The van der Waals surface area contributed by atoms with Crippen LogP contribution < -0.4 is 5.73 Å². The molecule has 0 spiro atoms. The van der Waals surface area contributed by atoms with Gasteiger partial charge in [-0.2, -0.15) is 0 Å². The fraction of sp³-hybridized carbons (Fsp3) is 0.455. The lowest BCUT2D eigenvalue weighted by atomic mass is 10.1. The Morgan fingerprint density at radius 2 is 2.27 bits per heavy atom. The van der Waals surface area contributed by atoms with Crippen LogP contribution in [0.25, 0.3) is 11.0 Å². The number of pyridine rings is 1. The molecule has 0 aliphatic heterocycles. The standard InChI is InChI=1S/C11H16N4/c1-8(2)4-6-15-10-3-5-13-7-9(10)14-11(15)12/h3,5,7-8H,4,6H2,1-2H3,(H2,12,14). The molecule has 2 N–H and O–H groups in total. The summed E-state index contributed by atoms with van der Waals surface area (Å²) in [5.74, 6) is 1.25. The van der Waals surface area contributed by atoms with E-state index in [2.05, 4.69) is 28.4 Å². The number of imidazole rings is 1. The summed E-state index contributed by atoms with van der Waals surface area (Å²) in [4.78, 5) is 8.30. The van der Waals surface area contributed by atoms with Crippen molar-refractivity contribution in [1.82, 2.24) is 14.5 Å². The van der Waals surface area contributed by atoms with Crippen LogP contribution in [0.3, 0.4) is 0 Å². The van der Waals surface area contributed by atoms with Crippen molar-refractivity contribution in [2.45, 2.75) is 26.8 Å². The van der Waals surface area contributed by atoms with Gasteiger partial charge in [-0.3, -0.25) is 4.98 Å². The number of nitrogens with two attached hydrogens (primary N) is 1. The number of hydrogen-bond donors (Lipinski definition) is 1. The highest BCUT2D eigenvalue weighted by molar-refractivity contribution is 5.76. The second kappa shape index (κ2) is 3.88. The van der Waals surface area contributed by atoms with E-state index < -0.39 is 0 Å². The molecule has 0 atom stereocenters. The smallest absolute Gasteiger partial charge is 0.201 e. The van der Waals surface area contributed by atoms with Crippen molar-refractivity contribution in [2.75, 3.05) is 5.73 Å². The van der Waals surface area contributed by atoms with E-state index >= 15 is 0 Å². The second-order valence-corrected chi connectivity index (χ2v) is 4.17. The highest BCUT2D eigenvalue weighted by atomic mass is 15.2. The number of hydrogen-bond acceptors (Lipinski definition) is 3. The maximum absolute atomic E-state index is 5.86. The maximum atomic E-state index is 5.86. The van der Waals surface area contributed by atoms with Crippen molar-refractivity contribution in [3.63, 3.8) is 0 Å². The molecule has 0 unspecified atom stereocenters. The van der Waals surface area contributed by atoms with Crippen LogP contribution in [0.15, 0.2) is 18.5 Å². The van der Waals surface area contributed by atoms with Gasteiger partial charge in [0.1, 0.15) is 5.52 Å². The Hall–Kier alpha value is -1.58. The van der Waals surface area contributed by atoms with Crippen molar-refractivity contribution in [3.8, 4) is 0 Å². The first-order chi connectivity index (χ1) is 7.18. The molecule has 15 heavy (non-hydrogen) atoms. The first-order valence-electron chi connectivity index (χ1n) is 5.24. The van der Waals surface area contributed by atoms with E-state index in [0.717, 1.165) is 24.0 Å². The van der Waals surface area contributed by atoms with Crippen molar-refractivity contribution >= 4 is 17.0 Å². The Morgan fingerprint density at radius 1 is 1.47 bits per heavy atom. The van der Waals surface area contributed by atoms with Crippen LogP contribution in [0.4, 0.5) is 5.95 Å². The molecule has 0 saturated carbocycles. The van der Waals surface area contributed by atoms with E-state index in [1.54, 1.807) is 12.4 Å². The van der Waals surface area contributed by atoms with Gasteiger partial charge in [0, 0.05) is 12.7 Å². The SMILES string of the molecule is CC(C)CCn1c(N)nc2cnccc21. The third-order valence-electron chi connectivity index (χ3n) is 2.51. The summed E-state index contributed by atoms with van der Waals surface area (Å²) in [6.07, 6.45) is 4.63. The largest absolute Gasteiger partial charge is 0.369 e. The Bertz CT molecular complexity index is 459. The molecule has 4 heteroatoms. The highest BCUT2D eigenvalue weighted by Crippen LogP contribution is 2.17. The minimum atomic E-state index is 0.582. The summed E-state index contributed by atoms with van der Waals surface area (Å²) in [7, 11) is 0. The van der Waals surface area contributed by atoms with Crippen LogP contribution in [0.5, 0.6) is 0 Å². The molecule has 2 aromatic rings. The number of rotatable bonds is 3. The van der Waals surface area contributed by atoms with Gasteiger partial charge in [-0.25, -0.2) is 4.98 Å². The van der Waals surface area contributed by atoms with Crippen molar-refractivity contribution in [3.05, 3.63) is 18.5 Å². The minimum absolute atomic E-state index is 0.582. The average molecular weight is 204 g/mol. The van der Waals surface area contributed by atoms with Gasteiger partial charge < -0.3 is 10.3 Å².